The number of nitrogens with one attached hydrogen (secondary N) is 1. The number of halogens is 1. The van der Waals surface area contributed by atoms with Gasteiger partial charge in [0.2, 0.25) is 11.3 Å². The molecule has 0 unspecified atom stereocenters. The van der Waals surface area contributed by atoms with Gasteiger partial charge in [-0.05, 0) is 13.0 Å². The first-order chi connectivity index (χ1) is 10.5. The average Bonchev–Trinajstić information content (AvgIpc) is 2.50. The molecule has 1 aromatic carbocycles. The topological polar surface area (TPSA) is 60.3 Å². The molecule has 22 heavy (non-hydrogen) atoms. The van der Waals surface area contributed by atoms with Crippen molar-refractivity contribution >= 4 is 5.91 Å². The van der Waals surface area contributed by atoms with Gasteiger partial charge < -0.3 is 14.6 Å². The maximum atomic E-state index is 13.5. The Labute approximate surface area is 127 Å². The van der Waals surface area contributed by atoms with Crippen molar-refractivity contribution in [2.75, 3.05) is 7.05 Å². The van der Waals surface area contributed by atoms with Gasteiger partial charge in [-0.15, -0.1) is 0 Å². The van der Waals surface area contributed by atoms with Crippen LogP contribution < -0.4 is 15.5 Å². The number of aryl methyl sites for hydroxylation is 1. The monoisotopic (exact) mass is 304 g/mol. The van der Waals surface area contributed by atoms with Gasteiger partial charge in [0.1, 0.15) is 19.0 Å². The van der Waals surface area contributed by atoms with E-state index in [4.69, 9.17) is 4.74 Å². The first kappa shape index (κ1) is 15.8. The number of amides is 1. The van der Waals surface area contributed by atoms with Gasteiger partial charge in [-0.25, -0.2) is 4.39 Å². The minimum Gasteiger partial charge on any atom is -0.483 e. The van der Waals surface area contributed by atoms with Crippen LogP contribution in [0.2, 0.25) is 0 Å². The molecule has 0 bridgehead atoms. The number of hydrogen-bond acceptors (Lipinski definition) is 3. The summed E-state index contributed by atoms with van der Waals surface area (Å²) in [6.07, 6.45) is 1.47. The van der Waals surface area contributed by atoms with E-state index in [2.05, 4.69) is 5.32 Å². The molecule has 0 aliphatic carbocycles. The summed E-state index contributed by atoms with van der Waals surface area (Å²) in [7, 11) is 1.54. The highest BCUT2D eigenvalue weighted by atomic mass is 19.1. The van der Waals surface area contributed by atoms with Crippen LogP contribution in [0.4, 0.5) is 4.39 Å². The molecule has 0 fully saturated rings. The zero-order valence-corrected chi connectivity index (χ0v) is 12.4. The minimum absolute atomic E-state index is 0.0506. The fraction of sp³-hybridized carbons (Fsp3) is 0.250. The molecule has 1 aromatic heterocycles. The lowest BCUT2D eigenvalue weighted by Crippen LogP contribution is -2.25. The van der Waals surface area contributed by atoms with Crippen LogP contribution >= 0.6 is 0 Å². The highest BCUT2D eigenvalue weighted by molar-refractivity contribution is 5.75. The summed E-state index contributed by atoms with van der Waals surface area (Å²) in [5.41, 5.74) is 0.703. The molecule has 0 spiro atoms. The number of carbonyl (C=O) groups excluding carboxylic acids is 1. The fourth-order valence-electron chi connectivity index (χ4n) is 1.93. The maximum Gasteiger partial charge on any atom is 0.239 e. The fourth-order valence-corrected chi connectivity index (χ4v) is 1.93. The van der Waals surface area contributed by atoms with Gasteiger partial charge in [0.05, 0.1) is 6.20 Å². The molecule has 0 aliphatic rings. The number of rotatable bonds is 5. The summed E-state index contributed by atoms with van der Waals surface area (Å²) >= 11 is 0. The van der Waals surface area contributed by atoms with Crippen molar-refractivity contribution in [2.24, 2.45) is 0 Å². The molecule has 5 nitrogen and oxygen atoms in total. The first-order valence-electron chi connectivity index (χ1n) is 6.79. The number of nitrogens with zero attached hydrogens (tertiary/aromatic N) is 1. The van der Waals surface area contributed by atoms with Crippen LogP contribution in [0.5, 0.6) is 5.75 Å². The van der Waals surface area contributed by atoms with Crippen molar-refractivity contribution in [2.45, 2.75) is 20.1 Å². The van der Waals surface area contributed by atoms with Crippen LogP contribution in [-0.4, -0.2) is 17.5 Å². The van der Waals surface area contributed by atoms with Crippen LogP contribution in [0.3, 0.4) is 0 Å². The number of aromatic nitrogens is 1. The van der Waals surface area contributed by atoms with E-state index in [-0.39, 0.29) is 36.1 Å². The van der Waals surface area contributed by atoms with Gasteiger partial charge in [0, 0.05) is 24.4 Å². The Balaban J connectivity index is 2.20. The van der Waals surface area contributed by atoms with Crippen LogP contribution in [0, 0.1) is 12.7 Å². The van der Waals surface area contributed by atoms with E-state index < -0.39 is 0 Å². The van der Waals surface area contributed by atoms with E-state index in [1.807, 2.05) is 0 Å². The number of likely N-dealkylation sites (N-methyl/N-ethyl adjacent to an activating group) is 1. The third-order valence-corrected chi connectivity index (χ3v) is 3.24. The molecule has 0 saturated heterocycles. The molecule has 2 aromatic rings. The summed E-state index contributed by atoms with van der Waals surface area (Å²) in [6, 6.07) is 7.59. The second kappa shape index (κ2) is 6.89. The maximum absolute atomic E-state index is 13.5. The Morgan fingerprint density at radius 1 is 1.36 bits per heavy atom. The van der Waals surface area contributed by atoms with E-state index in [1.165, 1.54) is 25.4 Å². The lowest BCUT2D eigenvalue weighted by Gasteiger charge is -2.12. The zero-order chi connectivity index (χ0) is 16.1. The average molecular weight is 304 g/mol. The number of hydrogen-bond donors (Lipinski definition) is 1. The number of pyridine rings is 1. The first-order valence-corrected chi connectivity index (χ1v) is 6.79. The Kier molecular flexibility index (Phi) is 4.93. The molecular formula is C16H17FN2O3. The summed E-state index contributed by atoms with van der Waals surface area (Å²) in [5.74, 6) is -0.496. The third-order valence-electron chi connectivity index (χ3n) is 3.24. The molecule has 1 amide bonds. The zero-order valence-electron chi connectivity index (χ0n) is 12.4. The van der Waals surface area contributed by atoms with Crippen molar-refractivity contribution in [1.29, 1.82) is 0 Å². The second-order valence-electron chi connectivity index (χ2n) is 4.82. The Morgan fingerprint density at radius 3 is 2.77 bits per heavy atom. The quantitative estimate of drug-likeness (QED) is 0.913. The molecule has 6 heteroatoms. The summed E-state index contributed by atoms with van der Waals surface area (Å²) in [5, 5.41) is 2.51. The Morgan fingerprint density at radius 2 is 2.09 bits per heavy atom. The Hall–Kier alpha value is -2.63. The van der Waals surface area contributed by atoms with Gasteiger partial charge in [0.15, 0.2) is 5.75 Å². The molecule has 2 rings (SSSR count). The van der Waals surface area contributed by atoms with Crippen LogP contribution in [0.15, 0.2) is 41.3 Å². The summed E-state index contributed by atoms with van der Waals surface area (Å²) in [4.78, 5) is 23.4. The van der Waals surface area contributed by atoms with Crippen molar-refractivity contribution in [1.82, 2.24) is 9.88 Å². The van der Waals surface area contributed by atoms with Gasteiger partial charge in [-0.1, -0.05) is 18.2 Å². The lowest BCUT2D eigenvalue weighted by atomic mass is 10.2. The van der Waals surface area contributed by atoms with Crippen LogP contribution in [-0.2, 0) is 17.9 Å². The van der Waals surface area contributed by atoms with Crippen LogP contribution in [0.1, 0.15) is 11.3 Å². The Bertz CT molecular complexity index is 740. The molecule has 1 heterocycles. The van der Waals surface area contributed by atoms with E-state index in [0.717, 1.165) is 0 Å². The predicted octanol–water partition coefficient (Wildman–Crippen LogP) is 1.62. The minimum atomic E-state index is -0.389. The van der Waals surface area contributed by atoms with E-state index >= 15 is 0 Å². The van der Waals surface area contributed by atoms with Crippen LogP contribution in [0.25, 0.3) is 0 Å². The van der Waals surface area contributed by atoms with Crippen molar-refractivity contribution in [3.63, 3.8) is 0 Å². The number of benzene rings is 1. The molecule has 116 valence electrons. The van der Waals surface area contributed by atoms with Gasteiger partial charge in [-0.3, -0.25) is 9.59 Å². The SMILES string of the molecule is CNC(=O)Cn1cc(OCc2ccccc2F)c(=O)cc1C. The second-order valence-corrected chi connectivity index (χ2v) is 4.82. The lowest BCUT2D eigenvalue weighted by molar-refractivity contribution is -0.121. The predicted molar refractivity (Wildman–Crippen MR) is 80.2 cm³/mol. The van der Waals surface area contributed by atoms with E-state index in [1.54, 1.807) is 29.7 Å². The summed E-state index contributed by atoms with van der Waals surface area (Å²) in [6.45, 7) is 1.76. The van der Waals surface area contributed by atoms with E-state index in [0.29, 0.717) is 11.3 Å². The highest BCUT2D eigenvalue weighted by Gasteiger charge is 2.09. The number of carbonyl (C=O) groups is 1. The molecular weight excluding hydrogens is 287 g/mol. The standard InChI is InChI=1S/C16H17FN2O3/c1-11-7-14(20)15(8-19(11)9-16(21)18-2)22-10-12-5-3-4-6-13(12)17/h3-8H,9-10H2,1-2H3,(H,18,21). The highest BCUT2D eigenvalue weighted by Crippen LogP contribution is 2.12. The molecule has 0 saturated carbocycles. The van der Waals surface area contributed by atoms with E-state index in [9.17, 15) is 14.0 Å². The van der Waals surface area contributed by atoms with Gasteiger partial charge in [-0.2, -0.15) is 0 Å². The van der Waals surface area contributed by atoms with Gasteiger partial charge in [0.25, 0.3) is 0 Å². The molecule has 0 atom stereocenters. The third kappa shape index (κ3) is 3.72. The largest absolute Gasteiger partial charge is 0.483 e. The number of ether oxygens (including phenoxy) is 1. The van der Waals surface area contributed by atoms with Crippen molar-refractivity contribution in [3.05, 3.63) is 63.8 Å². The molecule has 0 aliphatic heterocycles. The van der Waals surface area contributed by atoms with Gasteiger partial charge >= 0.3 is 0 Å². The van der Waals surface area contributed by atoms with Crippen molar-refractivity contribution < 1.29 is 13.9 Å². The normalized spacial score (nSPS) is 10.3. The smallest absolute Gasteiger partial charge is 0.239 e. The molecule has 0 radical (unpaired) electrons. The molecule has 1 N–H and O–H groups in total. The summed E-state index contributed by atoms with van der Waals surface area (Å²) < 4.78 is 20.6. The van der Waals surface area contributed by atoms with Crippen molar-refractivity contribution in [3.8, 4) is 5.75 Å².